The van der Waals surface area contributed by atoms with Crippen molar-refractivity contribution in [2.45, 2.75) is 11.4 Å². The van der Waals surface area contributed by atoms with Gasteiger partial charge in [-0.25, -0.2) is 0 Å². The highest BCUT2D eigenvalue weighted by molar-refractivity contribution is 9.10. The molecule has 1 aliphatic heterocycles. The quantitative estimate of drug-likeness (QED) is 0.534. The van der Waals surface area contributed by atoms with Gasteiger partial charge in [-0.05, 0) is 40.4 Å². The fraction of sp³-hybridized carbons (Fsp3) is 0.167. The van der Waals surface area contributed by atoms with Crippen molar-refractivity contribution in [2.24, 2.45) is 0 Å². The molecule has 0 saturated heterocycles. The first kappa shape index (κ1) is 18.3. The number of halogens is 2. The maximum Gasteiger partial charge on any atom is 0.247 e. The predicted molar refractivity (Wildman–Crippen MR) is 110 cm³/mol. The first-order valence-corrected chi connectivity index (χ1v) is 10.3. The number of hydrogen-bond acceptors (Lipinski definition) is 7. The SMILES string of the molecule is COc1c(Br)cc(Cl)cc1[C@@H]1Nc2ccccc2-c2nnc(SC)nc2O1. The van der Waals surface area contributed by atoms with Gasteiger partial charge in [-0.15, -0.1) is 10.2 Å². The molecule has 2 aromatic carbocycles. The maximum absolute atomic E-state index is 6.28. The molecule has 1 N–H and O–H groups in total. The fourth-order valence-electron chi connectivity index (χ4n) is 2.86. The number of anilines is 1. The van der Waals surface area contributed by atoms with Crippen LogP contribution in [-0.2, 0) is 0 Å². The number of nitrogens with one attached hydrogen (secondary N) is 1. The summed E-state index contributed by atoms with van der Waals surface area (Å²) in [6, 6.07) is 11.4. The Morgan fingerprint density at radius 2 is 2.07 bits per heavy atom. The normalized spacial score (nSPS) is 15.0. The number of methoxy groups -OCH3 is 1. The van der Waals surface area contributed by atoms with Crippen LogP contribution in [0.15, 0.2) is 46.0 Å². The zero-order valence-corrected chi connectivity index (χ0v) is 17.5. The number of benzene rings is 2. The minimum absolute atomic E-state index is 0.398. The summed E-state index contributed by atoms with van der Waals surface area (Å²) in [7, 11) is 1.60. The van der Waals surface area contributed by atoms with Gasteiger partial charge in [-0.2, -0.15) is 4.98 Å². The van der Waals surface area contributed by atoms with Crippen LogP contribution < -0.4 is 14.8 Å². The van der Waals surface area contributed by atoms with Crippen molar-refractivity contribution in [3.8, 4) is 22.9 Å². The molecule has 9 heteroatoms. The molecule has 0 aliphatic carbocycles. The molecule has 0 bridgehead atoms. The van der Waals surface area contributed by atoms with E-state index in [0.717, 1.165) is 21.3 Å². The molecule has 1 atom stereocenters. The van der Waals surface area contributed by atoms with Crippen LogP contribution in [0.2, 0.25) is 5.02 Å². The average molecular weight is 466 g/mol. The highest BCUT2D eigenvalue weighted by atomic mass is 79.9. The Morgan fingerprint density at radius 3 is 2.85 bits per heavy atom. The van der Waals surface area contributed by atoms with Crippen molar-refractivity contribution >= 4 is 45.0 Å². The molecule has 1 aromatic heterocycles. The lowest BCUT2D eigenvalue weighted by molar-refractivity contribution is 0.219. The van der Waals surface area contributed by atoms with E-state index in [1.807, 2.05) is 30.5 Å². The third-order valence-corrected chi connectivity index (χ3v) is 5.39. The number of nitrogens with zero attached hydrogens (tertiary/aromatic N) is 3. The van der Waals surface area contributed by atoms with Crippen LogP contribution in [0.4, 0.5) is 5.69 Å². The molecule has 0 saturated carbocycles. The molecule has 1 aliphatic rings. The molecule has 4 rings (SSSR count). The lowest BCUT2D eigenvalue weighted by atomic mass is 10.1. The van der Waals surface area contributed by atoms with Crippen LogP contribution in [0.5, 0.6) is 11.6 Å². The van der Waals surface area contributed by atoms with E-state index < -0.39 is 6.23 Å². The van der Waals surface area contributed by atoms with Gasteiger partial charge in [-0.3, -0.25) is 0 Å². The van der Waals surface area contributed by atoms with E-state index in [4.69, 9.17) is 21.1 Å². The summed E-state index contributed by atoms with van der Waals surface area (Å²) in [5.41, 5.74) is 3.04. The summed E-state index contributed by atoms with van der Waals surface area (Å²) in [4.78, 5) is 4.51. The smallest absolute Gasteiger partial charge is 0.247 e. The number of rotatable bonds is 3. The molecule has 0 radical (unpaired) electrons. The highest BCUT2D eigenvalue weighted by Crippen LogP contribution is 2.43. The third-order valence-electron chi connectivity index (χ3n) is 4.04. The molecule has 6 nitrogen and oxygen atoms in total. The van der Waals surface area contributed by atoms with E-state index in [-0.39, 0.29) is 0 Å². The number of fused-ring (bicyclic) bond motifs is 3. The van der Waals surface area contributed by atoms with E-state index >= 15 is 0 Å². The summed E-state index contributed by atoms with van der Waals surface area (Å²) in [6.07, 6.45) is 1.31. The van der Waals surface area contributed by atoms with Crippen LogP contribution in [0, 0.1) is 0 Å². The maximum atomic E-state index is 6.28. The van der Waals surface area contributed by atoms with Gasteiger partial charge in [0.05, 0.1) is 17.1 Å². The fourth-order valence-corrected chi connectivity index (χ4v) is 4.16. The second kappa shape index (κ2) is 7.53. The lowest BCUT2D eigenvalue weighted by Gasteiger charge is -2.22. The van der Waals surface area contributed by atoms with Gasteiger partial charge >= 0.3 is 0 Å². The van der Waals surface area contributed by atoms with Gasteiger partial charge in [0.2, 0.25) is 17.3 Å². The van der Waals surface area contributed by atoms with Crippen molar-refractivity contribution in [1.82, 2.24) is 15.2 Å². The zero-order valence-electron chi connectivity index (χ0n) is 14.4. The Morgan fingerprint density at radius 1 is 1.26 bits per heavy atom. The van der Waals surface area contributed by atoms with Gasteiger partial charge in [-0.1, -0.05) is 41.6 Å². The zero-order chi connectivity index (χ0) is 19.0. The minimum atomic E-state index is -0.580. The molecule has 0 amide bonds. The Labute approximate surface area is 173 Å². The van der Waals surface area contributed by atoms with E-state index in [1.165, 1.54) is 11.8 Å². The summed E-state index contributed by atoms with van der Waals surface area (Å²) < 4.78 is 12.5. The summed E-state index contributed by atoms with van der Waals surface area (Å²) in [5, 5.41) is 13.0. The summed E-state index contributed by atoms with van der Waals surface area (Å²) in [5.74, 6) is 1.03. The first-order chi connectivity index (χ1) is 13.1. The third kappa shape index (κ3) is 3.44. The van der Waals surface area contributed by atoms with Crippen molar-refractivity contribution < 1.29 is 9.47 Å². The predicted octanol–water partition coefficient (Wildman–Crippen LogP) is 5.19. The van der Waals surface area contributed by atoms with Crippen LogP contribution in [-0.4, -0.2) is 28.5 Å². The van der Waals surface area contributed by atoms with Crippen LogP contribution >= 0.6 is 39.3 Å². The van der Waals surface area contributed by atoms with Crippen molar-refractivity contribution in [3.63, 3.8) is 0 Å². The molecule has 2 heterocycles. The van der Waals surface area contributed by atoms with Crippen molar-refractivity contribution in [2.75, 3.05) is 18.7 Å². The number of ether oxygens (including phenoxy) is 2. The largest absolute Gasteiger partial charge is 0.495 e. The van der Waals surface area contributed by atoms with Crippen LogP contribution in [0.25, 0.3) is 11.3 Å². The molecule has 27 heavy (non-hydrogen) atoms. The molecule has 0 unspecified atom stereocenters. The number of thioether (sulfide) groups is 1. The van der Waals surface area contributed by atoms with Crippen molar-refractivity contribution in [1.29, 1.82) is 0 Å². The average Bonchev–Trinajstić information content (AvgIpc) is 2.83. The summed E-state index contributed by atoms with van der Waals surface area (Å²) >= 11 is 11.2. The van der Waals surface area contributed by atoms with Gasteiger partial charge in [0.15, 0.2) is 5.69 Å². The van der Waals surface area contributed by atoms with Crippen LogP contribution in [0.3, 0.4) is 0 Å². The molecular formula is C18H14BrClN4O2S. The Bertz CT molecular complexity index is 1020. The van der Waals surface area contributed by atoms with Crippen LogP contribution in [0.1, 0.15) is 11.8 Å². The van der Waals surface area contributed by atoms with E-state index in [1.54, 1.807) is 19.2 Å². The standard InChI is InChI=1S/C18H14BrClN4O2S/c1-25-15-11(7-9(20)8-12(15)19)16-21-13-6-4-3-5-10(13)14-17(26-16)22-18(27-2)24-23-14/h3-8,16,21H,1-2H3/t16-/m1/s1. The second-order valence-corrected chi connectivity index (χ2v) is 7.71. The second-order valence-electron chi connectivity index (χ2n) is 5.65. The highest BCUT2D eigenvalue weighted by Gasteiger charge is 2.28. The van der Waals surface area contributed by atoms with Gasteiger partial charge in [0.1, 0.15) is 5.75 Å². The van der Waals surface area contributed by atoms with E-state index in [2.05, 4.69) is 36.4 Å². The van der Waals surface area contributed by atoms with Gasteiger partial charge in [0.25, 0.3) is 0 Å². The number of hydrogen-bond donors (Lipinski definition) is 1. The Balaban J connectivity index is 1.90. The molecule has 0 spiro atoms. The molecular weight excluding hydrogens is 452 g/mol. The first-order valence-electron chi connectivity index (χ1n) is 7.95. The number of aromatic nitrogens is 3. The number of para-hydroxylation sites is 1. The minimum Gasteiger partial charge on any atom is -0.495 e. The topological polar surface area (TPSA) is 69.2 Å². The van der Waals surface area contributed by atoms with Gasteiger partial charge in [0, 0.05) is 16.3 Å². The Hall–Kier alpha value is -2.03. The lowest BCUT2D eigenvalue weighted by Crippen LogP contribution is -2.18. The van der Waals surface area contributed by atoms with E-state index in [9.17, 15) is 0 Å². The summed E-state index contributed by atoms with van der Waals surface area (Å²) in [6.45, 7) is 0. The van der Waals surface area contributed by atoms with Gasteiger partial charge < -0.3 is 14.8 Å². The molecule has 138 valence electrons. The molecule has 0 fully saturated rings. The van der Waals surface area contributed by atoms with Crippen molar-refractivity contribution in [3.05, 3.63) is 51.5 Å². The van der Waals surface area contributed by atoms with E-state index in [0.29, 0.717) is 27.5 Å². The monoisotopic (exact) mass is 464 g/mol. The Kier molecular flexibility index (Phi) is 5.12. The molecule has 3 aromatic rings.